The molecular weight excluding hydrogens is 380 g/mol. The molecule has 0 spiro atoms. The van der Waals surface area contributed by atoms with Crippen LogP contribution in [0.25, 0.3) is 0 Å². The van der Waals surface area contributed by atoms with Crippen LogP contribution in [0, 0.1) is 6.92 Å². The van der Waals surface area contributed by atoms with E-state index in [2.05, 4.69) is 46.7 Å². The molecule has 1 aromatic heterocycles. The Labute approximate surface area is 168 Å². The van der Waals surface area contributed by atoms with Gasteiger partial charge in [-0.1, -0.05) is 53.2 Å². The second kappa shape index (κ2) is 8.59. The highest BCUT2D eigenvalue weighted by molar-refractivity contribution is 7.98. The first-order valence-corrected chi connectivity index (χ1v) is 9.94. The second-order valence-corrected chi connectivity index (χ2v) is 7.76. The zero-order valence-corrected chi connectivity index (χ0v) is 17.0. The summed E-state index contributed by atoms with van der Waals surface area (Å²) in [6.45, 7) is 3.97. The van der Waals surface area contributed by atoms with Crippen LogP contribution >= 0.6 is 23.4 Å². The normalized spacial score (nSPS) is 12.0. The van der Waals surface area contributed by atoms with Gasteiger partial charge in [-0.15, -0.1) is 10.2 Å². The van der Waals surface area contributed by atoms with Crippen molar-refractivity contribution in [3.8, 4) is 0 Å². The van der Waals surface area contributed by atoms with Crippen molar-refractivity contribution in [2.45, 2.75) is 30.8 Å². The molecule has 7 heteroatoms. The van der Waals surface area contributed by atoms with Gasteiger partial charge in [0.25, 0.3) is 5.91 Å². The van der Waals surface area contributed by atoms with Gasteiger partial charge in [0.15, 0.2) is 11.0 Å². The highest BCUT2D eigenvalue weighted by Gasteiger charge is 2.18. The molecule has 3 aromatic rings. The third-order valence-electron chi connectivity index (χ3n) is 4.20. The number of rotatable bonds is 6. The van der Waals surface area contributed by atoms with Gasteiger partial charge in [0.2, 0.25) is 0 Å². The number of hydrogen-bond donors (Lipinski definition) is 1. The summed E-state index contributed by atoms with van der Waals surface area (Å²) >= 11 is 7.49. The Bertz CT molecular complexity index is 922. The van der Waals surface area contributed by atoms with E-state index < -0.39 is 0 Å². The van der Waals surface area contributed by atoms with Crippen molar-refractivity contribution in [2.24, 2.45) is 7.05 Å². The Morgan fingerprint density at radius 1 is 1.15 bits per heavy atom. The maximum atomic E-state index is 12.4. The lowest BCUT2D eigenvalue weighted by atomic mass is 10.2. The number of nitrogens with zero attached hydrogens (tertiary/aromatic N) is 3. The average Bonchev–Trinajstić information content (AvgIpc) is 3.02. The highest BCUT2D eigenvalue weighted by Crippen LogP contribution is 2.23. The quantitative estimate of drug-likeness (QED) is 0.616. The maximum Gasteiger partial charge on any atom is 0.251 e. The van der Waals surface area contributed by atoms with Gasteiger partial charge in [0, 0.05) is 23.4 Å². The van der Waals surface area contributed by atoms with Crippen LogP contribution in [-0.4, -0.2) is 20.7 Å². The Kier molecular flexibility index (Phi) is 6.19. The molecule has 0 saturated heterocycles. The van der Waals surface area contributed by atoms with Crippen molar-refractivity contribution in [3.05, 3.63) is 76.1 Å². The maximum absolute atomic E-state index is 12.4. The van der Waals surface area contributed by atoms with Crippen LogP contribution in [0.3, 0.4) is 0 Å². The number of amides is 1. The van der Waals surface area contributed by atoms with Gasteiger partial charge in [-0.25, -0.2) is 0 Å². The van der Waals surface area contributed by atoms with Crippen LogP contribution in [0.15, 0.2) is 53.7 Å². The van der Waals surface area contributed by atoms with Crippen LogP contribution < -0.4 is 5.32 Å². The van der Waals surface area contributed by atoms with Crippen LogP contribution in [0.2, 0.25) is 5.02 Å². The largest absolute Gasteiger partial charge is 0.342 e. The summed E-state index contributed by atoms with van der Waals surface area (Å²) in [6.07, 6.45) is 0. The molecule has 0 bridgehead atoms. The number of nitrogens with one attached hydrogen (secondary N) is 1. The molecule has 0 unspecified atom stereocenters. The molecule has 0 saturated carbocycles. The zero-order valence-electron chi connectivity index (χ0n) is 15.4. The molecule has 1 atom stereocenters. The Morgan fingerprint density at radius 2 is 1.81 bits per heavy atom. The third kappa shape index (κ3) is 4.90. The van der Waals surface area contributed by atoms with Crippen molar-refractivity contribution in [3.63, 3.8) is 0 Å². The molecule has 0 aliphatic carbocycles. The number of carbonyl (C=O) groups is 1. The lowest BCUT2D eigenvalue weighted by Gasteiger charge is -2.13. The fraction of sp³-hybridized carbons (Fsp3) is 0.250. The predicted octanol–water partition coefficient (Wildman–Crippen LogP) is 4.56. The minimum atomic E-state index is -0.264. The first kappa shape index (κ1) is 19.5. The van der Waals surface area contributed by atoms with Crippen LogP contribution in [0.4, 0.5) is 0 Å². The van der Waals surface area contributed by atoms with Gasteiger partial charge < -0.3 is 9.88 Å². The molecular formula is C20H21ClN4OS. The number of hydrogen-bond acceptors (Lipinski definition) is 4. The lowest BCUT2D eigenvalue weighted by molar-refractivity contribution is 0.0937. The Hall–Kier alpha value is -2.31. The fourth-order valence-electron chi connectivity index (χ4n) is 2.61. The van der Waals surface area contributed by atoms with Crippen LogP contribution in [0.1, 0.15) is 40.3 Å². The Morgan fingerprint density at radius 3 is 2.48 bits per heavy atom. The van der Waals surface area contributed by atoms with E-state index in [1.165, 1.54) is 11.1 Å². The first-order chi connectivity index (χ1) is 12.9. The van der Waals surface area contributed by atoms with Crippen LogP contribution in [0.5, 0.6) is 0 Å². The number of thioether (sulfide) groups is 1. The van der Waals surface area contributed by atoms with Crippen LogP contribution in [-0.2, 0) is 12.8 Å². The number of halogens is 1. The fourth-order valence-corrected chi connectivity index (χ4v) is 3.61. The molecule has 27 heavy (non-hydrogen) atoms. The van der Waals surface area contributed by atoms with E-state index in [1.54, 1.807) is 36.0 Å². The van der Waals surface area contributed by atoms with Gasteiger partial charge in [-0.05, 0) is 43.7 Å². The van der Waals surface area contributed by atoms with Crippen molar-refractivity contribution in [1.29, 1.82) is 0 Å². The standard InChI is InChI=1S/C20H21ClN4OS/c1-13-4-6-15(7-5-13)12-27-20-24-23-18(25(20)3)14(2)22-19(26)16-8-10-17(21)11-9-16/h4-11,14H,12H2,1-3H3,(H,22,26)/t14-/m1/s1. The number of carbonyl (C=O) groups excluding carboxylic acids is 1. The molecule has 2 aromatic carbocycles. The van der Waals surface area contributed by atoms with Gasteiger partial charge in [-0.2, -0.15) is 0 Å². The summed E-state index contributed by atoms with van der Waals surface area (Å²) in [4.78, 5) is 12.4. The minimum Gasteiger partial charge on any atom is -0.342 e. The summed E-state index contributed by atoms with van der Waals surface area (Å²) in [6, 6.07) is 15.0. The summed E-state index contributed by atoms with van der Waals surface area (Å²) in [7, 11) is 1.91. The van der Waals surface area contributed by atoms with Crippen molar-refractivity contribution < 1.29 is 4.79 Å². The predicted molar refractivity (Wildman–Crippen MR) is 109 cm³/mol. The van der Waals surface area contributed by atoms with E-state index in [4.69, 9.17) is 11.6 Å². The topological polar surface area (TPSA) is 59.8 Å². The second-order valence-electron chi connectivity index (χ2n) is 6.38. The molecule has 5 nitrogen and oxygen atoms in total. The van der Waals surface area contributed by atoms with Gasteiger partial charge >= 0.3 is 0 Å². The zero-order chi connectivity index (χ0) is 19.4. The Balaban J connectivity index is 1.64. The molecule has 3 rings (SSSR count). The number of benzene rings is 2. The molecule has 140 valence electrons. The molecule has 1 amide bonds. The van der Waals surface area contributed by atoms with E-state index in [9.17, 15) is 4.79 Å². The van der Waals surface area contributed by atoms with E-state index >= 15 is 0 Å². The monoisotopic (exact) mass is 400 g/mol. The smallest absolute Gasteiger partial charge is 0.251 e. The third-order valence-corrected chi connectivity index (χ3v) is 5.54. The summed E-state index contributed by atoms with van der Waals surface area (Å²) < 4.78 is 1.92. The number of aromatic nitrogens is 3. The molecule has 1 N–H and O–H groups in total. The summed E-state index contributed by atoms with van der Waals surface area (Å²) in [5, 5.41) is 12.9. The first-order valence-electron chi connectivity index (χ1n) is 8.58. The average molecular weight is 401 g/mol. The molecule has 0 radical (unpaired) electrons. The number of aryl methyl sites for hydroxylation is 1. The molecule has 0 aliphatic rings. The van der Waals surface area contributed by atoms with E-state index in [0.29, 0.717) is 16.4 Å². The van der Waals surface area contributed by atoms with Crippen molar-refractivity contribution in [2.75, 3.05) is 0 Å². The molecule has 0 aliphatic heterocycles. The minimum absolute atomic E-state index is 0.170. The SMILES string of the molecule is Cc1ccc(CSc2nnc([C@@H](C)NC(=O)c3ccc(Cl)cc3)n2C)cc1. The van der Waals surface area contributed by atoms with Gasteiger partial charge in [-0.3, -0.25) is 4.79 Å². The molecule has 1 heterocycles. The van der Waals surface area contributed by atoms with E-state index in [1.807, 2.05) is 18.5 Å². The summed E-state index contributed by atoms with van der Waals surface area (Å²) in [5.74, 6) is 1.36. The lowest BCUT2D eigenvalue weighted by Crippen LogP contribution is -2.28. The van der Waals surface area contributed by atoms with E-state index in [-0.39, 0.29) is 11.9 Å². The summed E-state index contributed by atoms with van der Waals surface area (Å²) in [5.41, 5.74) is 3.04. The highest BCUT2D eigenvalue weighted by atomic mass is 35.5. The molecule has 0 fully saturated rings. The van der Waals surface area contributed by atoms with Crippen molar-refractivity contribution in [1.82, 2.24) is 20.1 Å². The van der Waals surface area contributed by atoms with E-state index in [0.717, 1.165) is 10.9 Å². The van der Waals surface area contributed by atoms with Gasteiger partial charge in [0.05, 0.1) is 6.04 Å². The van der Waals surface area contributed by atoms with Gasteiger partial charge in [0.1, 0.15) is 0 Å². The van der Waals surface area contributed by atoms with Crippen molar-refractivity contribution >= 4 is 29.3 Å².